The van der Waals surface area contributed by atoms with Crippen LogP contribution in [0.5, 0.6) is 0 Å². The van der Waals surface area contributed by atoms with Crippen molar-refractivity contribution >= 4 is 41.4 Å². The molecule has 2 aromatic heterocycles. The van der Waals surface area contributed by atoms with Crippen LogP contribution >= 0.6 is 12.6 Å². The van der Waals surface area contributed by atoms with Crippen LogP contribution in [0.15, 0.2) is 12.5 Å². The largest absolute Gasteiger partial charge is 0.468 e. The van der Waals surface area contributed by atoms with Gasteiger partial charge >= 0.3 is 5.97 Å². The summed E-state index contributed by atoms with van der Waals surface area (Å²) < 4.78 is 6.32. The van der Waals surface area contributed by atoms with Crippen molar-refractivity contribution in [2.75, 3.05) is 25.1 Å². The highest BCUT2D eigenvalue weighted by molar-refractivity contribution is 7.80. The third kappa shape index (κ3) is 3.30. The van der Waals surface area contributed by atoms with Crippen LogP contribution < -0.4 is 11.1 Å². The lowest BCUT2D eigenvalue weighted by atomic mass is 10.2. The van der Waals surface area contributed by atoms with E-state index >= 15 is 0 Å². The zero-order chi connectivity index (χ0) is 16.1. The van der Waals surface area contributed by atoms with Crippen LogP contribution in [-0.4, -0.2) is 45.8 Å². The number of nitrogen functional groups attached to an aromatic ring is 1. The Balaban J connectivity index is 2.35. The summed E-state index contributed by atoms with van der Waals surface area (Å²) in [5, 5.41) is 2.48. The first kappa shape index (κ1) is 16.1. The number of anilines is 1. The van der Waals surface area contributed by atoms with Crippen molar-refractivity contribution in [1.82, 2.24) is 19.9 Å². The molecule has 0 radical (unpaired) electrons. The molecule has 22 heavy (non-hydrogen) atoms. The molecule has 3 N–H and O–H groups in total. The summed E-state index contributed by atoms with van der Waals surface area (Å²) in [6, 6.07) is 0. The number of ether oxygens (including phenoxy) is 1. The summed E-state index contributed by atoms with van der Waals surface area (Å²) in [7, 11) is 1.25. The zero-order valence-corrected chi connectivity index (χ0v) is 13.0. The average molecular weight is 323 g/mol. The molecule has 0 unspecified atom stereocenters. The van der Waals surface area contributed by atoms with Gasteiger partial charge in [0.1, 0.15) is 12.1 Å². The molecule has 0 spiro atoms. The third-order valence-corrected chi connectivity index (χ3v) is 3.41. The highest BCUT2D eigenvalue weighted by atomic mass is 32.1. The van der Waals surface area contributed by atoms with Gasteiger partial charge in [0.15, 0.2) is 5.82 Å². The fourth-order valence-electron chi connectivity index (χ4n) is 2.01. The second-order valence-electron chi connectivity index (χ2n) is 4.53. The number of hydrogen-bond acceptors (Lipinski definition) is 7. The molecule has 2 aromatic rings. The van der Waals surface area contributed by atoms with Crippen molar-refractivity contribution in [2.24, 2.45) is 0 Å². The molecule has 1 amide bonds. The zero-order valence-electron chi connectivity index (χ0n) is 12.1. The van der Waals surface area contributed by atoms with Crippen LogP contribution in [0.25, 0.3) is 11.0 Å². The molecule has 0 fully saturated rings. The molecule has 0 aliphatic heterocycles. The summed E-state index contributed by atoms with van der Waals surface area (Å²) in [6.07, 6.45) is 3.81. The molecular weight excluding hydrogens is 306 g/mol. The van der Waals surface area contributed by atoms with E-state index in [1.165, 1.54) is 13.3 Å². The number of imidazole rings is 1. The quantitative estimate of drug-likeness (QED) is 0.518. The van der Waals surface area contributed by atoms with Crippen molar-refractivity contribution in [1.29, 1.82) is 0 Å². The van der Waals surface area contributed by atoms with E-state index in [1.807, 2.05) is 4.57 Å². The lowest BCUT2D eigenvalue weighted by Crippen LogP contribution is -2.30. The van der Waals surface area contributed by atoms with Gasteiger partial charge in [0.05, 0.1) is 24.5 Å². The maximum absolute atomic E-state index is 12.3. The van der Waals surface area contributed by atoms with Crippen LogP contribution in [-0.2, 0) is 16.1 Å². The molecule has 0 saturated heterocycles. The molecule has 9 heteroatoms. The number of aromatic nitrogens is 3. The van der Waals surface area contributed by atoms with Crippen LogP contribution in [0.2, 0.25) is 0 Å². The third-order valence-electron chi connectivity index (χ3n) is 3.09. The van der Waals surface area contributed by atoms with Crippen LogP contribution in [0, 0.1) is 0 Å². The predicted molar refractivity (Wildman–Crippen MR) is 84.8 cm³/mol. The molecule has 118 valence electrons. The minimum absolute atomic E-state index is 0.216. The predicted octanol–water partition coefficient (Wildman–Crippen LogP) is 0.236. The van der Waals surface area contributed by atoms with Gasteiger partial charge in [-0.05, 0) is 12.2 Å². The molecular formula is C13H17N5O3S. The van der Waals surface area contributed by atoms with Gasteiger partial charge in [-0.25, -0.2) is 9.97 Å². The highest BCUT2D eigenvalue weighted by Crippen LogP contribution is 2.22. The number of pyridine rings is 1. The lowest BCUT2D eigenvalue weighted by molar-refractivity contribution is -0.139. The number of nitrogens with zero attached hydrogens (tertiary/aromatic N) is 3. The second kappa shape index (κ2) is 7.12. The Labute approximate surface area is 132 Å². The number of methoxy groups -OCH3 is 1. The Bertz CT molecular complexity index is 700. The van der Waals surface area contributed by atoms with Crippen LogP contribution in [0.1, 0.15) is 16.8 Å². The number of carbonyl (C=O) groups excluding carboxylic acids is 2. The summed E-state index contributed by atoms with van der Waals surface area (Å²) in [5.41, 5.74) is 7.17. The van der Waals surface area contributed by atoms with Gasteiger partial charge in [-0.2, -0.15) is 12.6 Å². The van der Waals surface area contributed by atoms with E-state index in [4.69, 9.17) is 5.73 Å². The summed E-state index contributed by atoms with van der Waals surface area (Å²) >= 11 is 4.18. The van der Waals surface area contributed by atoms with Crippen LogP contribution in [0.3, 0.4) is 0 Å². The van der Waals surface area contributed by atoms with E-state index in [1.54, 1.807) is 6.33 Å². The summed E-state index contributed by atoms with van der Waals surface area (Å²) in [4.78, 5) is 31.6. The highest BCUT2D eigenvalue weighted by Gasteiger charge is 2.18. The SMILES string of the molecule is COC(=O)CNC(=O)c1cnc(N)c2ncn(CCCS)c12. The van der Waals surface area contributed by atoms with Gasteiger partial charge in [-0.1, -0.05) is 0 Å². The number of esters is 1. The van der Waals surface area contributed by atoms with E-state index in [9.17, 15) is 9.59 Å². The maximum Gasteiger partial charge on any atom is 0.325 e. The normalized spacial score (nSPS) is 10.6. The molecule has 2 rings (SSSR count). The molecule has 0 saturated carbocycles. The van der Waals surface area contributed by atoms with Gasteiger partial charge in [-0.15, -0.1) is 0 Å². The van der Waals surface area contributed by atoms with Crippen molar-refractivity contribution in [3.05, 3.63) is 18.1 Å². The van der Waals surface area contributed by atoms with E-state index in [-0.39, 0.29) is 12.4 Å². The first-order valence-electron chi connectivity index (χ1n) is 6.63. The maximum atomic E-state index is 12.3. The Morgan fingerprint density at radius 3 is 2.91 bits per heavy atom. The Hall–Kier alpha value is -2.29. The van der Waals surface area contributed by atoms with Gasteiger partial charge in [0.2, 0.25) is 0 Å². The van der Waals surface area contributed by atoms with Crippen molar-refractivity contribution in [2.45, 2.75) is 13.0 Å². The van der Waals surface area contributed by atoms with Crippen molar-refractivity contribution in [3.8, 4) is 0 Å². The Morgan fingerprint density at radius 1 is 1.45 bits per heavy atom. The van der Waals surface area contributed by atoms with Crippen molar-refractivity contribution < 1.29 is 14.3 Å². The molecule has 0 aromatic carbocycles. The molecule has 2 heterocycles. The number of rotatable bonds is 6. The van der Waals surface area contributed by atoms with Gasteiger partial charge in [-0.3, -0.25) is 9.59 Å². The molecule has 0 aliphatic rings. The Kier molecular flexibility index (Phi) is 5.21. The van der Waals surface area contributed by atoms with Crippen LogP contribution in [0.4, 0.5) is 5.82 Å². The minimum Gasteiger partial charge on any atom is -0.468 e. The molecule has 0 aliphatic carbocycles. The molecule has 0 atom stereocenters. The number of nitrogens with one attached hydrogen (secondary N) is 1. The topological polar surface area (TPSA) is 112 Å². The monoisotopic (exact) mass is 323 g/mol. The van der Waals surface area contributed by atoms with Crippen molar-refractivity contribution in [3.63, 3.8) is 0 Å². The molecule has 0 bridgehead atoms. The second-order valence-corrected chi connectivity index (χ2v) is 4.98. The number of thiol groups is 1. The number of fused-ring (bicyclic) bond motifs is 1. The van der Waals surface area contributed by atoms with Gasteiger partial charge < -0.3 is 20.4 Å². The Morgan fingerprint density at radius 2 is 2.23 bits per heavy atom. The number of nitrogens with two attached hydrogens (primary N) is 1. The fraction of sp³-hybridized carbons (Fsp3) is 0.385. The van der Waals surface area contributed by atoms with E-state index in [0.717, 1.165) is 6.42 Å². The smallest absolute Gasteiger partial charge is 0.325 e. The van der Waals surface area contributed by atoms with E-state index in [2.05, 4.69) is 32.7 Å². The van der Waals surface area contributed by atoms with Gasteiger partial charge in [0.25, 0.3) is 5.91 Å². The lowest BCUT2D eigenvalue weighted by Gasteiger charge is -2.09. The fourth-order valence-corrected chi connectivity index (χ4v) is 2.15. The number of hydrogen-bond donors (Lipinski definition) is 3. The summed E-state index contributed by atoms with van der Waals surface area (Å²) in [6.45, 7) is 0.437. The first-order chi connectivity index (χ1) is 10.6. The number of aryl methyl sites for hydroxylation is 1. The molecule has 8 nitrogen and oxygen atoms in total. The standard InChI is InChI=1S/C13H17N5O3S/c1-21-9(19)6-16-13(20)8-5-15-12(14)10-11(8)18(7-17-10)3-2-4-22/h5,7,22H,2-4,6H2,1H3,(H2,14,15)(H,16,20). The van der Waals surface area contributed by atoms with E-state index < -0.39 is 11.9 Å². The first-order valence-corrected chi connectivity index (χ1v) is 7.27. The van der Waals surface area contributed by atoms with E-state index in [0.29, 0.717) is 28.9 Å². The number of carbonyl (C=O) groups is 2. The summed E-state index contributed by atoms with van der Waals surface area (Å²) in [5.74, 6) is 0.000600. The number of amides is 1. The average Bonchev–Trinajstić information content (AvgIpc) is 2.95. The van der Waals surface area contributed by atoms with Gasteiger partial charge in [0, 0.05) is 12.7 Å². The minimum atomic E-state index is -0.531.